The van der Waals surface area contributed by atoms with Gasteiger partial charge in [-0.1, -0.05) is 39.7 Å². The average Bonchev–Trinajstić information content (AvgIpc) is 2.73. The van der Waals surface area contributed by atoms with Crippen LogP contribution in [0.2, 0.25) is 5.02 Å². The number of hydrogen-bond donors (Lipinski definition) is 1. The summed E-state index contributed by atoms with van der Waals surface area (Å²) in [5.74, 6) is 0.534. The molecular weight excluding hydrogens is 492 g/mol. The van der Waals surface area contributed by atoms with Crippen LogP contribution in [-0.2, 0) is 6.61 Å². The lowest BCUT2D eigenvalue weighted by molar-refractivity contribution is -0.393. The second-order valence-corrected chi connectivity index (χ2v) is 7.54. The molecule has 0 radical (unpaired) electrons. The molecule has 3 rings (SSSR count). The van der Waals surface area contributed by atoms with Gasteiger partial charge in [0.05, 0.1) is 22.1 Å². The number of benzene rings is 3. The Hall–Kier alpha value is -3.50. The van der Waals surface area contributed by atoms with Crippen molar-refractivity contribution in [2.45, 2.75) is 6.61 Å². The van der Waals surface area contributed by atoms with Gasteiger partial charge in [-0.2, -0.15) is 5.10 Å². The Labute approximate surface area is 189 Å². The lowest BCUT2D eigenvalue weighted by Crippen LogP contribution is -2.01. The molecule has 3 aromatic rings. The first kappa shape index (κ1) is 22.2. The molecule has 31 heavy (non-hydrogen) atoms. The van der Waals surface area contributed by atoms with Gasteiger partial charge in [-0.15, -0.1) is 0 Å². The van der Waals surface area contributed by atoms with Crippen LogP contribution in [0, 0.1) is 20.2 Å². The fourth-order valence-corrected chi connectivity index (χ4v) is 3.18. The third-order valence-corrected chi connectivity index (χ3v) is 4.76. The predicted octanol–water partition coefficient (Wildman–Crippen LogP) is 5.94. The molecule has 0 unspecified atom stereocenters. The molecule has 0 aliphatic carbocycles. The number of ether oxygens (including phenoxy) is 1. The maximum atomic E-state index is 11.2. The lowest BCUT2D eigenvalue weighted by atomic mass is 10.2. The fraction of sp³-hybridized carbons (Fsp3) is 0.0500. The van der Waals surface area contributed by atoms with Gasteiger partial charge in [-0.05, 0) is 42.0 Å². The highest BCUT2D eigenvalue weighted by atomic mass is 79.9. The van der Waals surface area contributed by atoms with Crippen LogP contribution in [0.25, 0.3) is 0 Å². The van der Waals surface area contributed by atoms with E-state index in [0.717, 1.165) is 22.2 Å². The number of hydrogen-bond acceptors (Lipinski definition) is 7. The number of nitrogens with one attached hydrogen (secondary N) is 1. The monoisotopic (exact) mass is 504 g/mol. The topological polar surface area (TPSA) is 120 Å². The van der Waals surface area contributed by atoms with Crippen molar-refractivity contribution in [2.24, 2.45) is 5.10 Å². The number of anilines is 1. The zero-order valence-electron chi connectivity index (χ0n) is 15.7. The maximum Gasteiger partial charge on any atom is 0.301 e. The van der Waals surface area contributed by atoms with E-state index >= 15 is 0 Å². The molecule has 0 atom stereocenters. The quantitative estimate of drug-likeness (QED) is 0.230. The van der Waals surface area contributed by atoms with Crippen molar-refractivity contribution in [3.05, 3.63) is 102 Å². The summed E-state index contributed by atoms with van der Waals surface area (Å²) in [5, 5.41) is 26.7. The summed E-state index contributed by atoms with van der Waals surface area (Å²) in [6, 6.07) is 15.9. The SMILES string of the molecule is O=[N+]([O-])c1ccc(N/N=C/c2cc(Br)ccc2OCc2cccc(Cl)c2)c([N+](=O)[O-])c1. The Morgan fingerprint density at radius 1 is 1.06 bits per heavy atom. The lowest BCUT2D eigenvalue weighted by Gasteiger charge is -2.10. The van der Waals surface area contributed by atoms with Gasteiger partial charge < -0.3 is 4.74 Å². The van der Waals surface area contributed by atoms with E-state index in [0.29, 0.717) is 16.3 Å². The summed E-state index contributed by atoms with van der Waals surface area (Å²) >= 11 is 9.37. The molecule has 9 nitrogen and oxygen atoms in total. The zero-order chi connectivity index (χ0) is 22.4. The van der Waals surface area contributed by atoms with Crippen LogP contribution < -0.4 is 10.2 Å². The first-order valence-electron chi connectivity index (χ1n) is 8.72. The summed E-state index contributed by atoms with van der Waals surface area (Å²) in [5.41, 5.74) is 3.22. The van der Waals surface area contributed by atoms with Crippen LogP contribution in [-0.4, -0.2) is 16.1 Å². The van der Waals surface area contributed by atoms with E-state index in [4.69, 9.17) is 16.3 Å². The number of nitro benzene ring substituents is 2. The second-order valence-electron chi connectivity index (χ2n) is 6.19. The van der Waals surface area contributed by atoms with E-state index < -0.39 is 15.5 Å². The minimum atomic E-state index is -0.719. The number of non-ortho nitro benzene ring substituents is 1. The van der Waals surface area contributed by atoms with Crippen molar-refractivity contribution in [1.82, 2.24) is 0 Å². The minimum absolute atomic E-state index is 0.0169. The molecule has 3 aromatic carbocycles. The van der Waals surface area contributed by atoms with Crippen LogP contribution in [0.3, 0.4) is 0 Å². The van der Waals surface area contributed by atoms with Gasteiger partial charge >= 0.3 is 5.69 Å². The molecule has 0 aromatic heterocycles. The van der Waals surface area contributed by atoms with Crippen LogP contribution in [0.4, 0.5) is 17.1 Å². The summed E-state index contributed by atoms with van der Waals surface area (Å²) in [4.78, 5) is 20.7. The summed E-state index contributed by atoms with van der Waals surface area (Å²) in [7, 11) is 0. The predicted molar refractivity (Wildman–Crippen MR) is 121 cm³/mol. The van der Waals surface area contributed by atoms with E-state index in [1.54, 1.807) is 30.3 Å². The van der Waals surface area contributed by atoms with Crippen molar-refractivity contribution in [3.8, 4) is 5.75 Å². The average molecular weight is 506 g/mol. The van der Waals surface area contributed by atoms with E-state index in [2.05, 4.69) is 26.5 Å². The van der Waals surface area contributed by atoms with Crippen molar-refractivity contribution < 1.29 is 14.6 Å². The van der Waals surface area contributed by atoms with Gasteiger partial charge in [0, 0.05) is 21.1 Å². The molecule has 0 saturated heterocycles. The number of halogens is 2. The third-order valence-electron chi connectivity index (χ3n) is 4.03. The molecule has 158 valence electrons. The van der Waals surface area contributed by atoms with Crippen molar-refractivity contribution in [1.29, 1.82) is 0 Å². The molecule has 1 N–H and O–H groups in total. The standard InChI is InChI=1S/C20H14BrClN4O5/c21-15-4-7-20(31-12-13-2-1-3-16(22)8-13)14(9-15)11-23-24-18-6-5-17(25(27)28)10-19(18)26(29)30/h1-11,24H,12H2/b23-11+. The van der Waals surface area contributed by atoms with E-state index in [-0.39, 0.29) is 18.0 Å². The maximum absolute atomic E-state index is 11.2. The van der Waals surface area contributed by atoms with Crippen LogP contribution in [0.15, 0.2) is 70.2 Å². The Morgan fingerprint density at radius 2 is 1.87 bits per heavy atom. The second kappa shape index (κ2) is 10.0. The van der Waals surface area contributed by atoms with E-state index in [1.807, 2.05) is 12.1 Å². The Morgan fingerprint density at radius 3 is 2.58 bits per heavy atom. The Kier molecular flexibility index (Phi) is 7.16. The van der Waals surface area contributed by atoms with E-state index in [9.17, 15) is 20.2 Å². The number of nitro groups is 2. The van der Waals surface area contributed by atoms with Gasteiger partial charge in [0.1, 0.15) is 18.0 Å². The largest absolute Gasteiger partial charge is 0.488 e. The van der Waals surface area contributed by atoms with Crippen LogP contribution in [0.5, 0.6) is 5.75 Å². The Balaban J connectivity index is 1.78. The van der Waals surface area contributed by atoms with Gasteiger partial charge in [0.15, 0.2) is 0 Å². The summed E-state index contributed by atoms with van der Waals surface area (Å²) < 4.78 is 6.64. The van der Waals surface area contributed by atoms with Gasteiger partial charge in [0.2, 0.25) is 0 Å². The minimum Gasteiger partial charge on any atom is -0.488 e. The van der Waals surface area contributed by atoms with E-state index in [1.165, 1.54) is 12.3 Å². The number of nitrogens with zero attached hydrogens (tertiary/aromatic N) is 3. The van der Waals surface area contributed by atoms with Crippen molar-refractivity contribution in [2.75, 3.05) is 5.43 Å². The third kappa shape index (κ3) is 6.00. The normalized spacial score (nSPS) is 10.8. The molecule has 0 fully saturated rings. The molecule has 0 bridgehead atoms. The highest BCUT2D eigenvalue weighted by Gasteiger charge is 2.19. The van der Waals surface area contributed by atoms with Gasteiger partial charge in [0.25, 0.3) is 5.69 Å². The molecular formula is C20H14BrClN4O5. The highest BCUT2D eigenvalue weighted by Crippen LogP contribution is 2.29. The van der Waals surface area contributed by atoms with Crippen molar-refractivity contribution in [3.63, 3.8) is 0 Å². The molecule has 0 saturated carbocycles. The summed E-state index contributed by atoms with van der Waals surface area (Å²) in [6.07, 6.45) is 1.43. The number of rotatable bonds is 8. The Bertz CT molecular complexity index is 1170. The molecule has 0 aliphatic rings. The summed E-state index contributed by atoms with van der Waals surface area (Å²) in [6.45, 7) is 0.282. The van der Waals surface area contributed by atoms with Crippen LogP contribution in [0.1, 0.15) is 11.1 Å². The van der Waals surface area contributed by atoms with Crippen molar-refractivity contribution >= 4 is 50.8 Å². The molecule has 0 spiro atoms. The highest BCUT2D eigenvalue weighted by molar-refractivity contribution is 9.10. The molecule has 0 aliphatic heterocycles. The van der Waals surface area contributed by atoms with Crippen LogP contribution >= 0.6 is 27.5 Å². The number of hydrazone groups is 1. The molecule has 11 heteroatoms. The zero-order valence-corrected chi connectivity index (χ0v) is 18.0. The molecule has 0 amide bonds. The molecule has 0 heterocycles. The first-order valence-corrected chi connectivity index (χ1v) is 9.89. The smallest absolute Gasteiger partial charge is 0.301 e. The first-order chi connectivity index (χ1) is 14.8. The van der Waals surface area contributed by atoms with Gasteiger partial charge in [-0.25, -0.2) is 0 Å². The van der Waals surface area contributed by atoms with Gasteiger partial charge in [-0.3, -0.25) is 25.7 Å². The fourth-order valence-electron chi connectivity index (χ4n) is 2.59.